The molecule has 1 heterocycles. The molecule has 0 bridgehead atoms. The first-order chi connectivity index (χ1) is 11.5. The van der Waals surface area contributed by atoms with Crippen molar-refractivity contribution >= 4 is 0 Å². The molecule has 3 rings (SSSR count). The van der Waals surface area contributed by atoms with E-state index in [2.05, 4.69) is 24.0 Å². The van der Waals surface area contributed by atoms with Gasteiger partial charge in [0, 0.05) is 11.6 Å². The van der Waals surface area contributed by atoms with Crippen LogP contribution in [0, 0.1) is 0 Å². The van der Waals surface area contributed by atoms with E-state index in [-0.39, 0.29) is 17.4 Å². The molecule has 24 heavy (non-hydrogen) atoms. The monoisotopic (exact) mass is 323 g/mol. The molecule has 4 heteroatoms. The first kappa shape index (κ1) is 16.1. The third kappa shape index (κ3) is 2.87. The average Bonchev–Trinajstić information content (AvgIpc) is 3.04. The smallest absolute Gasteiger partial charge is 0.182 e. The lowest BCUT2D eigenvalue weighted by Gasteiger charge is -2.12. The maximum Gasteiger partial charge on any atom is 0.182 e. The topological polar surface area (TPSA) is 66.5 Å². The van der Waals surface area contributed by atoms with Gasteiger partial charge in [-0.05, 0) is 29.5 Å². The molecule has 0 atom stereocenters. The van der Waals surface area contributed by atoms with Crippen LogP contribution in [0.25, 0.3) is 22.6 Å². The summed E-state index contributed by atoms with van der Waals surface area (Å²) in [7, 11) is 0. The summed E-state index contributed by atoms with van der Waals surface area (Å²) < 4.78 is 5.56. The highest BCUT2D eigenvalue weighted by Gasteiger charge is 2.19. The molecule has 3 aromatic rings. The van der Waals surface area contributed by atoms with E-state index < -0.39 is 0 Å². The maximum atomic E-state index is 10.3. The fraction of sp³-hybridized carbons (Fsp3) is 0.250. The summed E-state index contributed by atoms with van der Waals surface area (Å²) in [5.74, 6) is 0.679. The lowest BCUT2D eigenvalue weighted by molar-refractivity contribution is 0.443. The highest BCUT2D eigenvalue weighted by molar-refractivity contribution is 5.80. The van der Waals surface area contributed by atoms with Crippen molar-refractivity contribution in [2.45, 2.75) is 33.1 Å². The van der Waals surface area contributed by atoms with Crippen LogP contribution < -0.4 is 0 Å². The van der Waals surface area contributed by atoms with Gasteiger partial charge in [-0.3, -0.25) is 0 Å². The number of rotatable bonds is 4. The van der Waals surface area contributed by atoms with Crippen LogP contribution in [-0.4, -0.2) is 15.2 Å². The van der Waals surface area contributed by atoms with E-state index in [4.69, 9.17) is 4.42 Å². The van der Waals surface area contributed by atoms with Crippen molar-refractivity contribution in [3.8, 4) is 34.1 Å². The fourth-order valence-corrected chi connectivity index (χ4v) is 2.78. The van der Waals surface area contributed by atoms with Crippen LogP contribution in [0.15, 0.2) is 47.2 Å². The van der Waals surface area contributed by atoms with Crippen molar-refractivity contribution in [1.82, 2.24) is 4.98 Å². The summed E-state index contributed by atoms with van der Waals surface area (Å²) in [5.41, 5.74) is 4.14. The van der Waals surface area contributed by atoms with Crippen LogP contribution >= 0.6 is 0 Å². The summed E-state index contributed by atoms with van der Waals surface area (Å²) in [5, 5.41) is 20.3. The van der Waals surface area contributed by atoms with Crippen molar-refractivity contribution in [2.75, 3.05) is 0 Å². The van der Waals surface area contributed by atoms with Gasteiger partial charge in [-0.25, -0.2) is 4.98 Å². The number of aromatic hydroxyl groups is 2. The summed E-state index contributed by atoms with van der Waals surface area (Å²) in [6, 6.07) is 11.2. The molecule has 124 valence electrons. The molecule has 0 aliphatic heterocycles. The van der Waals surface area contributed by atoms with Crippen LogP contribution in [0.2, 0.25) is 0 Å². The van der Waals surface area contributed by atoms with Gasteiger partial charge in [-0.1, -0.05) is 45.0 Å². The Bertz CT molecular complexity index is 848. The quantitative estimate of drug-likeness (QED) is 0.700. The third-order valence-electron chi connectivity index (χ3n) is 4.21. The fourth-order valence-electron chi connectivity index (χ4n) is 2.78. The number of phenolic OH excluding ortho intramolecular Hbond substituents is 2. The van der Waals surface area contributed by atoms with Crippen LogP contribution in [0.3, 0.4) is 0 Å². The predicted octanol–water partition coefficient (Wildman–Crippen LogP) is 5.11. The standard InChI is InChI=1S/C20H21NO3/c1-4-13-5-7-14(8-6-13)19-20(24-11-21-19)16-9-15(12(2)3)17(22)10-18(16)23/h5-12,22-23H,4H2,1-3H3. The Balaban J connectivity index is 2.11. The summed E-state index contributed by atoms with van der Waals surface area (Å²) >= 11 is 0. The molecule has 0 aliphatic carbocycles. The van der Waals surface area contributed by atoms with Gasteiger partial charge in [0.1, 0.15) is 17.2 Å². The van der Waals surface area contributed by atoms with Crippen LogP contribution in [0.5, 0.6) is 11.5 Å². The summed E-state index contributed by atoms with van der Waals surface area (Å²) in [4.78, 5) is 4.32. The molecule has 4 nitrogen and oxygen atoms in total. The SMILES string of the molecule is CCc1ccc(-c2ncoc2-c2cc(C(C)C)c(O)cc2O)cc1. The molecule has 0 aliphatic rings. The Hall–Kier alpha value is -2.75. The number of nitrogens with zero attached hydrogens (tertiary/aromatic N) is 1. The second-order valence-electron chi connectivity index (χ2n) is 6.16. The van der Waals surface area contributed by atoms with Crippen molar-refractivity contribution in [2.24, 2.45) is 0 Å². The Morgan fingerprint density at radius 3 is 2.38 bits per heavy atom. The Labute approximate surface area is 141 Å². The number of hydrogen-bond donors (Lipinski definition) is 2. The van der Waals surface area contributed by atoms with Gasteiger partial charge in [0.25, 0.3) is 0 Å². The highest BCUT2D eigenvalue weighted by Crippen LogP contribution is 2.41. The van der Waals surface area contributed by atoms with E-state index in [0.717, 1.165) is 17.5 Å². The van der Waals surface area contributed by atoms with E-state index in [0.29, 0.717) is 17.0 Å². The normalized spacial score (nSPS) is 11.2. The van der Waals surface area contributed by atoms with Gasteiger partial charge in [0.15, 0.2) is 12.2 Å². The highest BCUT2D eigenvalue weighted by atomic mass is 16.3. The predicted molar refractivity (Wildman–Crippen MR) is 94.2 cm³/mol. The Kier molecular flexibility index (Phi) is 4.30. The second-order valence-corrected chi connectivity index (χ2v) is 6.16. The molecular weight excluding hydrogens is 302 g/mol. The minimum Gasteiger partial charge on any atom is -0.508 e. The molecule has 0 radical (unpaired) electrons. The van der Waals surface area contributed by atoms with Gasteiger partial charge < -0.3 is 14.6 Å². The van der Waals surface area contributed by atoms with Crippen LogP contribution in [0.4, 0.5) is 0 Å². The Morgan fingerprint density at radius 2 is 1.75 bits per heavy atom. The van der Waals surface area contributed by atoms with E-state index in [9.17, 15) is 10.2 Å². The number of aromatic nitrogens is 1. The molecule has 0 saturated heterocycles. The zero-order chi connectivity index (χ0) is 17.3. The number of oxazole rings is 1. The maximum absolute atomic E-state index is 10.3. The largest absolute Gasteiger partial charge is 0.508 e. The van der Waals surface area contributed by atoms with Crippen molar-refractivity contribution in [3.05, 3.63) is 53.9 Å². The molecule has 0 unspecified atom stereocenters. The Morgan fingerprint density at radius 1 is 1.04 bits per heavy atom. The van der Waals surface area contributed by atoms with Gasteiger partial charge in [0.2, 0.25) is 0 Å². The first-order valence-corrected chi connectivity index (χ1v) is 8.10. The second kappa shape index (κ2) is 6.40. The first-order valence-electron chi connectivity index (χ1n) is 8.10. The lowest BCUT2D eigenvalue weighted by atomic mass is 9.96. The summed E-state index contributed by atoms with van der Waals surface area (Å²) in [6.07, 6.45) is 2.35. The van der Waals surface area contributed by atoms with Gasteiger partial charge in [-0.15, -0.1) is 0 Å². The van der Waals surface area contributed by atoms with Crippen molar-refractivity contribution in [3.63, 3.8) is 0 Å². The van der Waals surface area contributed by atoms with Crippen LogP contribution in [0.1, 0.15) is 37.8 Å². The molecule has 0 amide bonds. The van der Waals surface area contributed by atoms with E-state index in [1.807, 2.05) is 26.0 Å². The van der Waals surface area contributed by atoms with Crippen molar-refractivity contribution in [1.29, 1.82) is 0 Å². The van der Waals surface area contributed by atoms with Crippen molar-refractivity contribution < 1.29 is 14.6 Å². The van der Waals surface area contributed by atoms with Gasteiger partial charge in [-0.2, -0.15) is 0 Å². The van der Waals surface area contributed by atoms with Crippen LogP contribution in [-0.2, 0) is 6.42 Å². The number of hydrogen-bond acceptors (Lipinski definition) is 4. The van der Waals surface area contributed by atoms with E-state index in [1.165, 1.54) is 18.0 Å². The van der Waals surface area contributed by atoms with Gasteiger partial charge in [0.05, 0.1) is 5.56 Å². The average molecular weight is 323 g/mol. The minimum atomic E-state index is -0.0277. The lowest BCUT2D eigenvalue weighted by Crippen LogP contribution is -1.91. The molecule has 0 spiro atoms. The molecule has 2 N–H and O–H groups in total. The number of phenols is 2. The number of benzene rings is 2. The zero-order valence-corrected chi connectivity index (χ0v) is 14.1. The molecule has 0 saturated carbocycles. The molecular formula is C20H21NO3. The minimum absolute atomic E-state index is 0.0277. The third-order valence-corrected chi connectivity index (χ3v) is 4.21. The molecule has 0 fully saturated rings. The molecule has 1 aromatic heterocycles. The van der Waals surface area contributed by atoms with E-state index >= 15 is 0 Å². The number of aryl methyl sites for hydroxylation is 1. The van der Waals surface area contributed by atoms with Gasteiger partial charge >= 0.3 is 0 Å². The van der Waals surface area contributed by atoms with E-state index in [1.54, 1.807) is 6.07 Å². The summed E-state index contributed by atoms with van der Waals surface area (Å²) in [6.45, 7) is 6.08. The zero-order valence-electron chi connectivity index (χ0n) is 14.1. The molecule has 2 aromatic carbocycles.